The summed E-state index contributed by atoms with van der Waals surface area (Å²) in [4.78, 5) is 19.3. The molecule has 1 aromatic carbocycles. The molecule has 0 radical (unpaired) electrons. The van der Waals surface area contributed by atoms with E-state index >= 15 is 0 Å². The summed E-state index contributed by atoms with van der Waals surface area (Å²) >= 11 is 0. The van der Waals surface area contributed by atoms with Gasteiger partial charge in [-0.05, 0) is 50.3 Å². The van der Waals surface area contributed by atoms with Crippen molar-refractivity contribution in [3.8, 4) is 11.5 Å². The number of halogens is 1. The van der Waals surface area contributed by atoms with E-state index in [4.69, 9.17) is 14.5 Å². The Morgan fingerprint density at radius 1 is 1.24 bits per heavy atom. The van der Waals surface area contributed by atoms with Crippen molar-refractivity contribution in [3.05, 3.63) is 40.1 Å². The number of benzene rings is 1. The molecule has 1 aliphatic rings. The minimum absolute atomic E-state index is 0. The van der Waals surface area contributed by atoms with Crippen LogP contribution in [0.2, 0.25) is 0 Å². The van der Waals surface area contributed by atoms with E-state index in [1.165, 1.54) is 5.56 Å². The molecular weight excluding hydrogens is 535 g/mol. The number of aryl methyl sites for hydroxylation is 2. The fourth-order valence-electron chi connectivity index (χ4n) is 3.91. The molecule has 1 aliphatic heterocycles. The average molecular weight is 572 g/mol. The molecule has 0 spiro atoms. The standard InChI is InChI=1S/C23H36N6O3.HI/c1-5-24-22(27(2)16-12-18-10-11-19(31-3)20(17-18)32-4)25-13-8-15-29-23(30)28-14-7-6-9-21(28)26-29;/h10-11,17H,5-9,12-16H2,1-4H3,(H,24,25);1H. The maximum Gasteiger partial charge on any atom is 0.345 e. The number of nitrogens with zero attached hydrogens (tertiary/aromatic N) is 5. The van der Waals surface area contributed by atoms with E-state index in [0.717, 1.165) is 75.0 Å². The van der Waals surface area contributed by atoms with Gasteiger partial charge in [0.2, 0.25) is 0 Å². The Bertz CT molecular complexity index is 972. The number of ether oxygens (including phenoxy) is 2. The van der Waals surface area contributed by atoms with E-state index < -0.39 is 0 Å². The Morgan fingerprint density at radius 3 is 2.73 bits per heavy atom. The smallest absolute Gasteiger partial charge is 0.345 e. The largest absolute Gasteiger partial charge is 0.493 e. The second kappa shape index (κ2) is 13.5. The number of aliphatic imine (C=N–C) groups is 1. The summed E-state index contributed by atoms with van der Waals surface area (Å²) in [5.41, 5.74) is 1.19. The highest BCUT2D eigenvalue weighted by Crippen LogP contribution is 2.27. The van der Waals surface area contributed by atoms with Crippen molar-refractivity contribution in [1.29, 1.82) is 0 Å². The first-order valence-electron chi connectivity index (χ1n) is 11.4. The fourth-order valence-corrected chi connectivity index (χ4v) is 3.91. The minimum Gasteiger partial charge on any atom is -0.493 e. The highest BCUT2D eigenvalue weighted by atomic mass is 127. The third kappa shape index (κ3) is 7.12. The molecule has 3 rings (SSSR count). The number of likely N-dealkylation sites (N-methyl/N-ethyl adjacent to an activating group) is 1. The molecule has 2 heterocycles. The van der Waals surface area contributed by atoms with Gasteiger partial charge in [0, 0.05) is 46.2 Å². The highest BCUT2D eigenvalue weighted by Gasteiger charge is 2.16. The van der Waals surface area contributed by atoms with Crippen LogP contribution in [-0.4, -0.2) is 66.1 Å². The van der Waals surface area contributed by atoms with E-state index in [-0.39, 0.29) is 29.7 Å². The third-order valence-electron chi connectivity index (χ3n) is 5.70. The van der Waals surface area contributed by atoms with Crippen LogP contribution in [0.1, 0.15) is 37.6 Å². The van der Waals surface area contributed by atoms with E-state index in [1.807, 2.05) is 23.7 Å². The van der Waals surface area contributed by atoms with Gasteiger partial charge in [0.05, 0.1) is 14.2 Å². The van der Waals surface area contributed by atoms with E-state index in [2.05, 4.69) is 28.3 Å². The van der Waals surface area contributed by atoms with E-state index in [9.17, 15) is 4.79 Å². The first kappa shape index (κ1) is 27.0. The molecule has 0 amide bonds. The van der Waals surface area contributed by atoms with E-state index in [1.54, 1.807) is 18.9 Å². The number of hydrogen-bond donors (Lipinski definition) is 1. The molecule has 0 bridgehead atoms. The Labute approximate surface area is 213 Å². The lowest BCUT2D eigenvalue weighted by atomic mass is 10.1. The maximum atomic E-state index is 12.4. The van der Waals surface area contributed by atoms with Crippen LogP contribution in [0.25, 0.3) is 0 Å². The van der Waals surface area contributed by atoms with Crippen LogP contribution in [-0.2, 0) is 25.9 Å². The topological polar surface area (TPSA) is 85.9 Å². The Morgan fingerprint density at radius 2 is 2.03 bits per heavy atom. The summed E-state index contributed by atoms with van der Waals surface area (Å²) in [6, 6.07) is 6.00. The molecule has 0 saturated heterocycles. The normalized spacial score (nSPS) is 13.2. The second-order valence-corrected chi connectivity index (χ2v) is 7.98. The Hall–Kier alpha value is -2.24. The molecular formula is C23H37IN6O3. The molecule has 0 unspecified atom stereocenters. The highest BCUT2D eigenvalue weighted by molar-refractivity contribution is 14.0. The third-order valence-corrected chi connectivity index (χ3v) is 5.70. The average Bonchev–Trinajstić information content (AvgIpc) is 3.14. The quantitative estimate of drug-likeness (QED) is 0.204. The zero-order valence-corrected chi connectivity index (χ0v) is 22.5. The second-order valence-electron chi connectivity index (χ2n) is 7.98. The minimum atomic E-state index is 0. The van der Waals surface area contributed by atoms with Crippen LogP contribution >= 0.6 is 24.0 Å². The van der Waals surface area contributed by atoms with Gasteiger partial charge < -0.3 is 19.7 Å². The van der Waals surface area contributed by atoms with Gasteiger partial charge >= 0.3 is 5.69 Å². The summed E-state index contributed by atoms with van der Waals surface area (Å²) in [6.07, 6.45) is 4.70. The van der Waals surface area contributed by atoms with Gasteiger partial charge in [0.25, 0.3) is 0 Å². The lowest BCUT2D eigenvalue weighted by molar-refractivity contribution is 0.354. The summed E-state index contributed by atoms with van der Waals surface area (Å²) in [5, 5.41) is 7.85. The van der Waals surface area contributed by atoms with Crippen molar-refractivity contribution in [2.24, 2.45) is 4.99 Å². The number of aromatic nitrogens is 3. The molecule has 1 aromatic heterocycles. The molecule has 9 nitrogen and oxygen atoms in total. The van der Waals surface area contributed by atoms with Gasteiger partial charge in [-0.15, -0.1) is 24.0 Å². The Kier molecular flexibility index (Phi) is 11.0. The summed E-state index contributed by atoms with van der Waals surface area (Å²) in [7, 11) is 5.33. The number of methoxy groups -OCH3 is 2. The monoisotopic (exact) mass is 572 g/mol. The molecule has 0 saturated carbocycles. The zero-order chi connectivity index (χ0) is 22.9. The maximum absolute atomic E-state index is 12.4. The van der Waals surface area contributed by atoms with Crippen molar-refractivity contribution in [2.45, 2.75) is 52.1 Å². The fraction of sp³-hybridized carbons (Fsp3) is 0.609. The van der Waals surface area contributed by atoms with Crippen LogP contribution in [0.3, 0.4) is 0 Å². The van der Waals surface area contributed by atoms with Gasteiger partial charge in [-0.1, -0.05) is 6.07 Å². The van der Waals surface area contributed by atoms with Crippen LogP contribution in [0.15, 0.2) is 28.0 Å². The first-order valence-corrected chi connectivity index (χ1v) is 11.4. The molecule has 1 N–H and O–H groups in total. The Balaban J connectivity index is 0.00000385. The van der Waals surface area contributed by atoms with Gasteiger partial charge in [0.15, 0.2) is 17.5 Å². The van der Waals surface area contributed by atoms with Crippen molar-refractivity contribution in [3.63, 3.8) is 0 Å². The molecule has 184 valence electrons. The van der Waals surface area contributed by atoms with Gasteiger partial charge in [-0.2, -0.15) is 5.10 Å². The first-order chi connectivity index (χ1) is 15.6. The summed E-state index contributed by atoms with van der Waals surface area (Å²) < 4.78 is 14.1. The molecule has 33 heavy (non-hydrogen) atoms. The number of hydrogen-bond acceptors (Lipinski definition) is 5. The lowest BCUT2D eigenvalue weighted by Gasteiger charge is -2.22. The van der Waals surface area contributed by atoms with Gasteiger partial charge in [0.1, 0.15) is 5.82 Å². The van der Waals surface area contributed by atoms with E-state index in [0.29, 0.717) is 13.1 Å². The van der Waals surface area contributed by atoms with Crippen LogP contribution in [0, 0.1) is 0 Å². The van der Waals surface area contributed by atoms with Gasteiger partial charge in [-0.25, -0.2) is 9.48 Å². The SMILES string of the molecule is CCNC(=NCCCn1nc2n(c1=O)CCCC2)N(C)CCc1ccc(OC)c(OC)c1.I. The van der Waals surface area contributed by atoms with Crippen LogP contribution in [0.5, 0.6) is 11.5 Å². The van der Waals surface area contributed by atoms with Gasteiger partial charge in [-0.3, -0.25) is 9.56 Å². The summed E-state index contributed by atoms with van der Waals surface area (Å²) in [6.45, 7) is 5.70. The molecule has 0 atom stereocenters. The lowest BCUT2D eigenvalue weighted by Crippen LogP contribution is -2.40. The number of rotatable bonds is 10. The molecule has 10 heteroatoms. The van der Waals surface area contributed by atoms with Crippen molar-refractivity contribution in [2.75, 3.05) is 40.9 Å². The number of nitrogens with one attached hydrogen (secondary N) is 1. The predicted molar refractivity (Wildman–Crippen MR) is 141 cm³/mol. The molecule has 0 fully saturated rings. The predicted octanol–water partition coefficient (Wildman–Crippen LogP) is 2.55. The van der Waals surface area contributed by atoms with Crippen LogP contribution < -0.4 is 20.5 Å². The zero-order valence-electron chi connectivity index (χ0n) is 20.2. The summed E-state index contributed by atoms with van der Waals surface area (Å²) in [5.74, 6) is 3.26. The van der Waals surface area contributed by atoms with Crippen molar-refractivity contribution in [1.82, 2.24) is 24.6 Å². The molecule has 0 aliphatic carbocycles. The molecule has 2 aromatic rings. The van der Waals surface area contributed by atoms with Crippen LogP contribution in [0.4, 0.5) is 0 Å². The van der Waals surface area contributed by atoms with Crippen molar-refractivity contribution >= 4 is 29.9 Å². The number of guanidine groups is 1. The van der Waals surface area contributed by atoms with Crippen molar-refractivity contribution < 1.29 is 9.47 Å². The number of fused-ring (bicyclic) bond motifs is 1.